The molecule has 96 valence electrons. The van der Waals surface area contributed by atoms with Crippen molar-refractivity contribution in [2.75, 3.05) is 6.54 Å². The Morgan fingerprint density at radius 3 is 2.89 bits per heavy atom. The van der Waals surface area contributed by atoms with Gasteiger partial charge in [0.2, 0.25) is 0 Å². The molecule has 0 radical (unpaired) electrons. The summed E-state index contributed by atoms with van der Waals surface area (Å²) < 4.78 is 0. The Bertz CT molecular complexity index is 462. The molecule has 2 N–H and O–H groups in total. The first-order valence-electron chi connectivity index (χ1n) is 6.66. The fourth-order valence-corrected chi connectivity index (χ4v) is 2.23. The highest BCUT2D eigenvalue weighted by molar-refractivity contribution is 5.29. The van der Waals surface area contributed by atoms with Crippen molar-refractivity contribution in [3.05, 3.63) is 53.6 Å². The first-order valence-corrected chi connectivity index (χ1v) is 6.66. The maximum absolute atomic E-state index is 4.37. The van der Waals surface area contributed by atoms with Crippen LogP contribution in [0, 0.1) is 0 Å². The maximum atomic E-state index is 4.37. The Kier molecular flexibility index (Phi) is 4.53. The van der Waals surface area contributed by atoms with E-state index in [2.05, 4.69) is 53.4 Å². The molecule has 18 heavy (non-hydrogen) atoms. The van der Waals surface area contributed by atoms with Crippen molar-refractivity contribution in [2.24, 2.45) is 0 Å². The van der Waals surface area contributed by atoms with E-state index in [1.54, 1.807) is 6.20 Å². The quantitative estimate of drug-likeness (QED) is 0.818. The van der Waals surface area contributed by atoms with Gasteiger partial charge < -0.3 is 10.3 Å². The average molecular weight is 243 g/mol. The van der Waals surface area contributed by atoms with Crippen LogP contribution in [0.2, 0.25) is 0 Å². The summed E-state index contributed by atoms with van der Waals surface area (Å²) in [4.78, 5) is 7.57. The van der Waals surface area contributed by atoms with Crippen LogP contribution in [-0.2, 0) is 6.42 Å². The van der Waals surface area contributed by atoms with Gasteiger partial charge in [0.1, 0.15) is 5.82 Å². The predicted octanol–water partition coefficient (Wildman–Crippen LogP) is 3.06. The molecule has 2 rings (SSSR count). The Balaban J connectivity index is 2.27. The summed E-state index contributed by atoms with van der Waals surface area (Å²) >= 11 is 0. The van der Waals surface area contributed by atoms with Crippen LogP contribution in [0.25, 0.3) is 0 Å². The minimum absolute atomic E-state index is 0.154. The molecular formula is C15H21N3. The van der Waals surface area contributed by atoms with Crippen LogP contribution < -0.4 is 5.32 Å². The minimum atomic E-state index is 0.154. The molecule has 1 heterocycles. The molecule has 0 aliphatic rings. The van der Waals surface area contributed by atoms with E-state index in [0.717, 1.165) is 18.8 Å². The number of aromatic amines is 1. The molecule has 0 saturated heterocycles. The number of aryl methyl sites for hydroxylation is 1. The molecule has 0 amide bonds. The summed E-state index contributed by atoms with van der Waals surface area (Å²) in [6.45, 7) is 5.25. The van der Waals surface area contributed by atoms with E-state index in [0.29, 0.717) is 0 Å². The fourth-order valence-electron chi connectivity index (χ4n) is 2.23. The number of H-pyrrole nitrogens is 1. The normalized spacial score (nSPS) is 12.6. The number of aromatic nitrogens is 2. The van der Waals surface area contributed by atoms with E-state index in [1.165, 1.54) is 17.5 Å². The van der Waals surface area contributed by atoms with Crippen LogP contribution in [0.5, 0.6) is 0 Å². The van der Waals surface area contributed by atoms with Gasteiger partial charge in [-0.3, -0.25) is 0 Å². The van der Waals surface area contributed by atoms with E-state index < -0.39 is 0 Å². The summed E-state index contributed by atoms with van der Waals surface area (Å²) in [6, 6.07) is 8.92. The Morgan fingerprint density at radius 2 is 2.22 bits per heavy atom. The SMILES string of the molecule is CCCc1cccc(C(NCC)c2ncc[nH]2)c1. The standard InChI is InChI=1S/C15H21N3/c1-3-6-12-7-5-8-13(11-12)14(16-4-2)15-17-9-10-18-15/h5,7-11,14,16H,3-4,6H2,1-2H3,(H,17,18). The highest BCUT2D eigenvalue weighted by atomic mass is 15.0. The molecule has 0 spiro atoms. The predicted molar refractivity (Wildman–Crippen MR) is 74.5 cm³/mol. The van der Waals surface area contributed by atoms with E-state index >= 15 is 0 Å². The van der Waals surface area contributed by atoms with Crippen molar-refractivity contribution in [1.82, 2.24) is 15.3 Å². The van der Waals surface area contributed by atoms with Gasteiger partial charge in [-0.1, -0.05) is 44.5 Å². The van der Waals surface area contributed by atoms with Crippen LogP contribution in [0.3, 0.4) is 0 Å². The Hall–Kier alpha value is -1.61. The average Bonchev–Trinajstić information content (AvgIpc) is 2.90. The molecule has 0 aliphatic carbocycles. The van der Waals surface area contributed by atoms with Crippen molar-refractivity contribution in [1.29, 1.82) is 0 Å². The lowest BCUT2D eigenvalue weighted by atomic mass is 10.0. The number of rotatable bonds is 6. The van der Waals surface area contributed by atoms with E-state index in [9.17, 15) is 0 Å². The van der Waals surface area contributed by atoms with Crippen LogP contribution >= 0.6 is 0 Å². The molecule has 0 bridgehead atoms. The lowest BCUT2D eigenvalue weighted by molar-refractivity contribution is 0.603. The molecule has 2 aromatic rings. The summed E-state index contributed by atoms with van der Waals surface area (Å²) in [7, 11) is 0. The molecule has 0 saturated carbocycles. The Morgan fingerprint density at radius 1 is 1.33 bits per heavy atom. The summed E-state index contributed by atoms with van der Waals surface area (Å²) in [5.41, 5.74) is 2.67. The van der Waals surface area contributed by atoms with Gasteiger partial charge in [0, 0.05) is 12.4 Å². The molecule has 3 nitrogen and oxygen atoms in total. The van der Waals surface area contributed by atoms with Gasteiger partial charge in [0.25, 0.3) is 0 Å². The monoisotopic (exact) mass is 243 g/mol. The first kappa shape index (κ1) is 12.8. The third-order valence-corrected chi connectivity index (χ3v) is 3.02. The highest BCUT2D eigenvalue weighted by Crippen LogP contribution is 2.20. The zero-order valence-corrected chi connectivity index (χ0v) is 11.1. The van der Waals surface area contributed by atoms with Crippen LogP contribution in [0.1, 0.15) is 43.3 Å². The lowest BCUT2D eigenvalue weighted by Crippen LogP contribution is -2.23. The van der Waals surface area contributed by atoms with Crippen molar-refractivity contribution in [3.63, 3.8) is 0 Å². The molecule has 1 aromatic heterocycles. The van der Waals surface area contributed by atoms with Gasteiger partial charge in [0.05, 0.1) is 6.04 Å². The summed E-state index contributed by atoms with van der Waals surface area (Å²) in [6.07, 6.45) is 5.98. The molecule has 0 aliphatic heterocycles. The second kappa shape index (κ2) is 6.36. The maximum Gasteiger partial charge on any atom is 0.127 e. The molecule has 1 unspecified atom stereocenters. The fraction of sp³-hybridized carbons (Fsp3) is 0.400. The lowest BCUT2D eigenvalue weighted by Gasteiger charge is -2.17. The first-order chi connectivity index (χ1) is 8.85. The van der Waals surface area contributed by atoms with E-state index in [4.69, 9.17) is 0 Å². The van der Waals surface area contributed by atoms with Gasteiger partial charge in [-0.15, -0.1) is 0 Å². The van der Waals surface area contributed by atoms with Gasteiger partial charge in [0.15, 0.2) is 0 Å². The summed E-state index contributed by atoms with van der Waals surface area (Å²) in [5, 5.41) is 3.48. The molecular weight excluding hydrogens is 222 g/mol. The third-order valence-electron chi connectivity index (χ3n) is 3.02. The molecule has 1 atom stereocenters. The third kappa shape index (κ3) is 2.99. The van der Waals surface area contributed by atoms with Crippen LogP contribution in [0.4, 0.5) is 0 Å². The van der Waals surface area contributed by atoms with Crippen molar-refractivity contribution >= 4 is 0 Å². The number of hydrogen-bond donors (Lipinski definition) is 2. The zero-order valence-electron chi connectivity index (χ0n) is 11.1. The molecule has 3 heteroatoms. The number of hydrogen-bond acceptors (Lipinski definition) is 2. The number of nitrogens with one attached hydrogen (secondary N) is 2. The topological polar surface area (TPSA) is 40.7 Å². The second-order valence-electron chi connectivity index (χ2n) is 4.46. The molecule has 1 aromatic carbocycles. The zero-order chi connectivity index (χ0) is 12.8. The second-order valence-corrected chi connectivity index (χ2v) is 4.46. The van der Waals surface area contributed by atoms with Crippen molar-refractivity contribution in [2.45, 2.75) is 32.7 Å². The van der Waals surface area contributed by atoms with E-state index in [1.807, 2.05) is 6.20 Å². The van der Waals surface area contributed by atoms with E-state index in [-0.39, 0.29) is 6.04 Å². The van der Waals surface area contributed by atoms with Gasteiger partial charge >= 0.3 is 0 Å². The van der Waals surface area contributed by atoms with Crippen LogP contribution in [-0.4, -0.2) is 16.5 Å². The van der Waals surface area contributed by atoms with Gasteiger partial charge in [-0.05, 0) is 24.1 Å². The Labute approximate surface area is 109 Å². The number of imidazole rings is 1. The number of nitrogens with zero attached hydrogens (tertiary/aromatic N) is 1. The van der Waals surface area contributed by atoms with Gasteiger partial charge in [-0.25, -0.2) is 4.98 Å². The van der Waals surface area contributed by atoms with Crippen molar-refractivity contribution in [3.8, 4) is 0 Å². The summed E-state index contributed by atoms with van der Waals surface area (Å²) in [5.74, 6) is 0.977. The minimum Gasteiger partial charge on any atom is -0.347 e. The van der Waals surface area contributed by atoms with Crippen molar-refractivity contribution < 1.29 is 0 Å². The molecule has 0 fully saturated rings. The smallest absolute Gasteiger partial charge is 0.127 e. The van der Waals surface area contributed by atoms with Crippen LogP contribution in [0.15, 0.2) is 36.7 Å². The largest absolute Gasteiger partial charge is 0.347 e. The number of benzene rings is 1. The highest BCUT2D eigenvalue weighted by Gasteiger charge is 2.15. The van der Waals surface area contributed by atoms with Gasteiger partial charge in [-0.2, -0.15) is 0 Å².